The largest absolute Gasteiger partial charge is 0.497 e. The van der Waals surface area contributed by atoms with Gasteiger partial charge in [0.25, 0.3) is 0 Å². The van der Waals surface area contributed by atoms with Crippen molar-refractivity contribution in [1.82, 2.24) is 10.1 Å². The zero-order valence-corrected chi connectivity index (χ0v) is 14.2. The molecule has 1 aromatic carbocycles. The molecule has 1 amide bonds. The Bertz CT molecular complexity index is 703. The standard InChI is InChI=1S/C18H22N2O4/c1-12-10-23-11-13(2)20(12)18(21)9-15-8-17(24-19-15)14-5-4-6-16(7-14)22-3/h4-8,12-13H,9-11H2,1-3H3. The van der Waals surface area contributed by atoms with E-state index in [1.165, 1.54) is 0 Å². The van der Waals surface area contributed by atoms with Crippen molar-refractivity contribution in [2.45, 2.75) is 32.4 Å². The van der Waals surface area contributed by atoms with Crippen molar-refractivity contribution in [1.29, 1.82) is 0 Å². The van der Waals surface area contributed by atoms with E-state index in [4.69, 9.17) is 14.0 Å². The first-order valence-electron chi connectivity index (χ1n) is 8.07. The summed E-state index contributed by atoms with van der Waals surface area (Å²) in [6.07, 6.45) is 0.224. The Morgan fingerprint density at radius 1 is 1.29 bits per heavy atom. The van der Waals surface area contributed by atoms with Gasteiger partial charge in [-0.05, 0) is 26.0 Å². The fourth-order valence-electron chi connectivity index (χ4n) is 3.05. The lowest BCUT2D eigenvalue weighted by atomic mass is 10.1. The van der Waals surface area contributed by atoms with E-state index >= 15 is 0 Å². The van der Waals surface area contributed by atoms with Crippen LogP contribution in [0.4, 0.5) is 0 Å². The maximum absolute atomic E-state index is 12.6. The highest BCUT2D eigenvalue weighted by Crippen LogP contribution is 2.25. The van der Waals surface area contributed by atoms with Crippen molar-refractivity contribution in [2.24, 2.45) is 0 Å². The van der Waals surface area contributed by atoms with Gasteiger partial charge in [-0.3, -0.25) is 4.79 Å². The lowest BCUT2D eigenvalue weighted by Gasteiger charge is -2.38. The summed E-state index contributed by atoms with van der Waals surface area (Å²) in [6.45, 7) is 5.14. The molecule has 0 bridgehead atoms. The summed E-state index contributed by atoms with van der Waals surface area (Å²) in [5.74, 6) is 1.42. The summed E-state index contributed by atoms with van der Waals surface area (Å²) < 4.78 is 16.1. The molecule has 2 heterocycles. The number of hydrogen-bond acceptors (Lipinski definition) is 5. The first-order valence-corrected chi connectivity index (χ1v) is 8.07. The number of benzene rings is 1. The molecule has 24 heavy (non-hydrogen) atoms. The molecule has 2 aromatic rings. The van der Waals surface area contributed by atoms with Crippen LogP contribution in [0.25, 0.3) is 11.3 Å². The van der Waals surface area contributed by atoms with Gasteiger partial charge in [0.1, 0.15) is 5.75 Å². The maximum Gasteiger partial charge on any atom is 0.229 e. The zero-order chi connectivity index (χ0) is 17.1. The molecule has 1 saturated heterocycles. The number of carbonyl (C=O) groups is 1. The maximum atomic E-state index is 12.6. The van der Waals surface area contributed by atoms with Crippen LogP contribution in [0, 0.1) is 0 Å². The molecule has 1 fully saturated rings. The predicted octanol–water partition coefficient (Wildman–Crippen LogP) is 2.53. The number of morpholine rings is 1. The second-order valence-electron chi connectivity index (χ2n) is 6.13. The molecule has 6 nitrogen and oxygen atoms in total. The average molecular weight is 330 g/mol. The van der Waals surface area contributed by atoms with Crippen molar-refractivity contribution in [3.8, 4) is 17.1 Å². The molecule has 0 radical (unpaired) electrons. The van der Waals surface area contributed by atoms with Gasteiger partial charge >= 0.3 is 0 Å². The minimum Gasteiger partial charge on any atom is -0.497 e. The van der Waals surface area contributed by atoms with Crippen LogP contribution in [0.3, 0.4) is 0 Å². The number of rotatable bonds is 4. The third-order valence-electron chi connectivity index (χ3n) is 4.20. The van der Waals surface area contributed by atoms with E-state index in [1.807, 2.05) is 49.1 Å². The summed E-state index contributed by atoms with van der Waals surface area (Å²) in [5, 5.41) is 4.04. The van der Waals surface area contributed by atoms with E-state index in [9.17, 15) is 4.79 Å². The molecule has 0 aliphatic carbocycles. The van der Waals surface area contributed by atoms with Crippen LogP contribution in [0.1, 0.15) is 19.5 Å². The molecule has 2 unspecified atom stereocenters. The highest BCUT2D eigenvalue weighted by atomic mass is 16.5. The highest BCUT2D eigenvalue weighted by Gasteiger charge is 2.30. The Balaban J connectivity index is 1.72. The van der Waals surface area contributed by atoms with E-state index < -0.39 is 0 Å². The number of ether oxygens (including phenoxy) is 2. The van der Waals surface area contributed by atoms with E-state index in [0.29, 0.717) is 24.7 Å². The number of methoxy groups -OCH3 is 1. The van der Waals surface area contributed by atoms with Crippen molar-refractivity contribution < 1.29 is 18.8 Å². The Hall–Kier alpha value is -2.34. The van der Waals surface area contributed by atoms with Crippen LogP contribution in [0.5, 0.6) is 5.75 Å². The molecule has 0 saturated carbocycles. The monoisotopic (exact) mass is 330 g/mol. The number of nitrogens with zero attached hydrogens (tertiary/aromatic N) is 2. The minimum atomic E-state index is 0.0452. The van der Waals surface area contributed by atoms with Crippen molar-refractivity contribution in [2.75, 3.05) is 20.3 Å². The SMILES string of the molecule is COc1cccc(-c2cc(CC(=O)N3C(C)COCC3C)no2)c1. The second-order valence-corrected chi connectivity index (χ2v) is 6.13. The van der Waals surface area contributed by atoms with Crippen LogP contribution in [0.2, 0.25) is 0 Å². The first kappa shape index (κ1) is 16.5. The summed E-state index contributed by atoms with van der Waals surface area (Å²) >= 11 is 0. The normalized spacial score (nSPS) is 20.9. The number of carbonyl (C=O) groups excluding carboxylic acids is 1. The Morgan fingerprint density at radius 2 is 2.04 bits per heavy atom. The van der Waals surface area contributed by atoms with Gasteiger partial charge in [0.05, 0.1) is 44.5 Å². The predicted molar refractivity (Wildman–Crippen MR) is 88.8 cm³/mol. The summed E-state index contributed by atoms with van der Waals surface area (Å²) in [4.78, 5) is 14.5. The molecule has 1 aromatic heterocycles. The van der Waals surface area contributed by atoms with Crippen LogP contribution < -0.4 is 4.74 Å². The highest BCUT2D eigenvalue weighted by molar-refractivity contribution is 5.79. The van der Waals surface area contributed by atoms with Gasteiger partial charge < -0.3 is 18.9 Å². The van der Waals surface area contributed by atoms with Crippen molar-refractivity contribution >= 4 is 5.91 Å². The fraction of sp³-hybridized carbons (Fsp3) is 0.444. The molecule has 6 heteroatoms. The van der Waals surface area contributed by atoms with Gasteiger partial charge in [-0.2, -0.15) is 0 Å². The molecular weight excluding hydrogens is 308 g/mol. The molecule has 1 aliphatic rings. The lowest BCUT2D eigenvalue weighted by Crippen LogP contribution is -2.53. The van der Waals surface area contributed by atoms with Crippen LogP contribution in [-0.4, -0.2) is 48.4 Å². The van der Waals surface area contributed by atoms with Gasteiger partial charge in [0.2, 0.25) is 5.91 Å². The van der Waals surface area contributed by atoms with Gasteiger partial charge in [-0.15, -0.1) is 0 Å². The first-order chi connectivity index (χ1) is 11.6. The fourth-order valence-corrected chi connectivity index (χ4v) is 3.05. The van der Waals surface area contributed by atoms with Crippen molar-refractivity contribution in [3.63, 3.8) is 0 Å². The second kappa shape index (κ2) is 7.05. The summed E-state index contributed by atoms with van der Waals surface area (Å²) in [6, 6.07) is 9.50. The topological polar surface area (TPSA) is 64.8 Å². The third kappa shape index (κ3) is 3.43. The lowest BCUT2D eigenvalue weighted by molar-refractivity contribution is -0.143. The molecular formula is C18H22N2O4. The van der Waals surface area contributed by atoms with Crippen LogP contribution in [0.15, 0.2) is 34.9 Å². The van der Waals surface area contributed by atoms with E-state index in [2.05, 4.69) is 5.16 Å². The number of hydrogen-bond donors (Lipinski definition) is 0. The minimum absolute atomic E-state index is 0.0452. The number of amides is 1. The van der Waals surface area contributed by atoms with E-state index in [-0.39, 0.29) is 24.4 Å². The van der Waals surface area contributed by atoms with Gasteiger partial charge in [0, 0.05) is 11.6 Å². The van der Waals surface area contributed by atoms with Gasteiger partial charge in [-0.1, -0.05) is 17.3 Å². The Labute approximate surface area is 141 Å². The quantitative estimate of drug-likeness (QED) is 0.862. The third-order valence-corrected chi connectivity index (χ3v) is 4.20. The van der Waals surface area contributed by atoms with Crippen molar-refractivity contribution in [3.05, 3.63) is 36.0 Å². The van der Waals surface area contributed by atoms with Crippen LogP contribution in [-0.2, 0) is 16.0 Å². The summed E-state index contributed by atoms with van der Waals surface area (Å²) in [5.41, 5.74) is 1.50. The van der Waals surface area contributed by atoms with Gasteiger partial charge in [0.15, 0.2) is 5.76 Å². The zero-order valence-electron chi connectivity index (χ0n) is 14.2. The molecule has 128 valence electrons. The molecule has 1 aliphatic heterocycles. The Morgan fingerprint density at radius 3 is 2.75 bits per heavy atom. The van der Waals surface area contributed by atoms with E-state index in [0.717, 1.165) is 11.3 Å². The summed E-state index contributed by atoms with van der Waals surface area (Å²) in [7, 11) is 1.62. The molecule has 0 N–H and O–H groups in total. The molecule has 3 rings (SSSR count). The number of aromatic nitrogens is 1. The molecule has 2 atom stereocenters. The molecule has 0 spiro atoms. The Kier molecular flexibility index (Phi) is 4.85. The van der Waals surface area contributed by atoms with Crippen LogP contribution >= 0.6 is 0 Å². The average Bonchev–Trinajstić information content (AvgIpc) is 3.03. The van der Waals surface area contributed by atoms with Gasteiger partial charge in [-0.25, -0.2) is 0 Å². The van der Waals surface area contributed by atoms with E-state index in [1.54, 1.807) is 7.11 Å². The smallest absolute Gasteiger partial charge is 0.229 e.